The standard InChI is InChI=1S/C16H21N3O/c1-11(2)17-10-14-7-8-16(19-18-14)20-15-9-12(3)5-6-13(15)4/h5-9,11,17H,10H2,1-4H3. The number of nitrogens with zero attached hydrogens (tertiary/aromatic N) is 2. The molecule has 20 heavy (non-hydrogen) atoms. The third-order valence-corrected chi connectivity index (χ3v) is 2.94. The summed E-state index contributed by atoms with van der Waals surface area (Å²) in [6.07, 6.45) is 0. The minimum absolute atomic E-state index is 0.433. The Kier molecular flexibility index (Phi) is 4.69. The Bertz CT molecular complexity index is 564. The highest BCUT2D eigenvalue weighted by Gasteiger charge is 2.04. The topological polar surface area (TPSA) is 47.0 Å². The van der Waals surface area contributed by atoms with E-state index in [1.165, 1.54) is 0 Å². The normalized spacial score (nSPS) is 10.8. The van der Waals surface area contributed by atoms with Crippen LogP contribution in [0.25, 0.3) is 0 Å². The molecule has 1 heterocycles. The first kappa shape index (κ1) is 14.5. The summed E-state index contributed by atoms with van der Waals surface area (Å²) in [4.78, 5) is 0. The van der Waals surface area contributed by atoms with E-state index in [1.807, 2.05) is 38.1 Å². The second-order valence-electron chi connectivity index (χ2n) is 5.27. The van der Waals surface area contributed by atoms with Crippen LogP contribution in [0.4, 0.5) is 0 Å². The van der Waals surface area contributed by atoms with Crippen molar-refractivity contribution in [3.8, 4) is 11.6 Å². The van der Waals surface area contributed by atoms with Crippen molar-refractivity contribution >= 4 is 0 Å². The highest BCUT2D eigenvalue weighted by molar-refractivity contribution is 5.38. The van der Waals surface area contributed by atoms with Gasteiger partial charge in [-0.2, -0.15) is 5.10 Å². The Balaban J connectivity index is 2.05. The maximum Gasteiger partial charge on any atom is 0.238 e. The second kappa shape index (κ2) is 6.48. The molecule has 0 aliphatic rings. The highest BCUT2D eigenvalue weighted by Crippen LogP contribution is 2.24. The van der Waals surface area contributed by atoms with Gasteiger partial charge in [-0.1, -0.05) is 26.0 Å². The van der Waals surface area contributed by atoms with Gasteiger partial charge in [-0.05, 0) is 37.1 Å². The number of rotatable bonds is 5. The van der Waals surface area contributed by atoms with Crippen molar-refractivity contribution in [3.63, 3.8) is 0 Å². The van der Waals surface area contributed by atoms with Gasteiger partial charge in [0.1, 0.15) is 5.75 Å². The Morgan fingerprint density at radius 3 is 2.55 bits per heavy atom. The summed E-state index contributed by atoms with van der Waals surface area (Å²) in [5.41, 5.74) is 3.16. The fraction of sp³-hybridized carbons (Fsp3) is 0.375. The third kappa shape index (κ3) is 4.03. The summed E-state index contributed by atoms with van der Waals surface area (Å²) in [6.45, 7) is 8.98. The highest BCUT2D eigenvalue weighted by atomic mass is 16.5. The Hall–Kier alpha value is -1.94. The van der Waals surface area contributed by atoms with Gasteiger partial charge >= 0.3 is 0 Å². The molecule has 4 heteroatoms. The zero-order chi connectivity index (χ0) is 14.5. The first-order chi connectivity index (χ1) is 9.54. The Labute approximate surface area is 120 Å². The van der Waals surface area contributed by atoms with Crippen LogP contribution in [-0.2, 0) is 6.54 Å². The van der Waals surface area contributed by atoms with Crippen LogP contribution in [0.3, 0.4) is 0 Å². The number of aromatic nitrogens is 2. The zero-order valence-electron chi connectivity index (χ0n) is 12.5. The van der Waals surface area contributed by atoms with Crippen LogP contribution in [0.5, 0.6) is 11.6 Å². The SMILES string of the molecule is Cc1ccc(C)c(Oc2ccc(CNC(C)C)nn2)c1. The lowest BCUT2D eigenvalue weighted by atomic mass is 10.1. The summed E-state index contributed by atoms with van der Waals surface area (Å²) in [7, 11) is 0. The van der Waals surface area contributed by atoms with Crippen LogP contribution in [0, 0.1) is 13.8 Å². The minimum atomic E-state index is 0.433. The number of hydrogen-bond acceptors (Lipinski definition) is 4. The molecule has 4 nitrogen and oxygen atoms in total. The summed E-state index contributed by atoms with van der Waals surface area (Å²) in [6, 6.07) is 10.3. The Morgan fingerprint density at radius 2 is 1.90 bits per heavy atom. The van der Waals surface area contributed by atoms with Gasteiger partial charge in [0.15, 0.2) is 0 Å². The molecule has 2 rings (SSSR count). The quantitative estimate of drug-likeness (QED) is 0.905. The van der Waals surface area contributed by atoms with E-state index in [0.29, 0.717) is 18.5 Å². The summed E-state index contributed by atoms with van der Waals surface area (Å²) < 4.78 is 5.78. The van der Waals surface area contributed by atoms with Crippen molar-refractivity contribution in [2.75, 3.05) is 0 Å². The van der Waals surface area contributed by atoms with E-state index in [2.05, 4.69) is 35.4 Å². The molecule has 0 atom stereocenters. The van der Waals surface area contributed by atoms with Crippen LogP contribution in [0.2, 0.25) is 0 Å². The number of hydrogen-bond donors (Lipinski definition) is 1. The van der Waals surface area contributed by atoms with E-state index in [-0.39, 0.29) is 0 Å². The van der Waals surface area contributed by atoms with Crippen molar-refractivity contribution < 1.29 is 4.74 Å². The number of nitrogens with one attached hydrogen (secondary N) is 1. The first-order valence-electron chi connectivity index (χ1n) is 6.85. The fourth-order valence-corrected chi connectivity index (χ4v) is 1.73. The van der Waals surface area contributed by atoms with Crippen molar-refractivity contribution in [3.05, 3.63) is 47.2 Å². The monoisotopic (exact) mass is 271 g/mol. The van der Waals surface area contributed by atoms with Gasteiger partial charge < -0.3 is 10.1 Å². The number of benzene rings is 1. The van der Waals surface area contributed by atoms with Crippen LogP contribution in [0.15, 0.2) is 30.3 Å². The molecular weight excluding hydrogens is 250 g/mol. The van der Waals surface area contributed by atoms with Gasteiger partial charge in [-0.3, -0.25) is 0 Å². The zero-order valence-corrected chi connectivity index (χ0v) is 12.5. The number of aryl methyl sites for hydroxylation is 2. The van der Waals surface area contributed by atoms with Crippen molar-refractivity contribution in [2.24, 2.45) is 0 Å². The van der Waals surface area contributed by atoms with E-state index in [4.69, 9.17) is 4.74 Å². The van der Waals surface area contributed by atoms with Gasteiger partial charge in [-0.15, -0.1) is 5.10 Å². The van der Waals surface area contributed by atoms with E-state index < -0.39 is 0 Å². The lowest BCUT2D eigenvalue weighted by Crippen LogP contribution is -2.22. The molecule has 0 unspecified atom stereocenters. The predicted octanol–water partition coefficient (Wildman–Crippen LogP) is 3.38. The molecule has 2 aromatic rings. The summed E-state index contributed by atoms with van der Waals surface area (Å²) >= 11 is 0. The Morgan fingerprint density at radius 1 is 1.10 bits per heavy atom. The van der Waals surface area contributed by atoms with E-state index in [1.54, 1.807) is 0 Å². The molecule has 0 amide bonds. The van der Waals surface area contributed by atoms with Crippen LogP contribution >= 0.6 is 0 Å². The van der Waals surface area contributed by atoms with Crippen LogP contribution in [-0.4, -0.2) is 16.2 Å². The minimum Gasteiger partial charge on any atom is -0.437 e. The molecule has 106 valence electrons. The molecule has 1 aromatic heterocycles. The number of ether oxygens (including phenoxy) is 1. The van der Waals surface area contributed by atoms with Gasteiger partial charge in [0, 0.05) is 18.7 Å². The molecule has 0 bridgehead atoms. The fourth-order valence-electron chi connectivity index (χ4n) is 1.73. The van der Waals surface area contributed by atoms with Gasteiger partial charge in [0.25, 0.3) is 0 Å². The smallest absolute Gasteiger partial charge is 0.238 e. The molecule has 1 aromatic carbocycles. The van der Waals surface area contributed by atoms with E-state index in [0.717, 1.165) is 22.6 Å². The van der Waals surface area contributed by atoms with E-state index in [9.17, 15) is 0 Å². The summed E-state index contributed by atoms with van der Waals surface area (Å²) in [5.74, 6) is 1.35. The molecule has 0 fully saturated rings. The molecule has 0 saturated carbocycles. The van der Waals surface area contributed by atoms with Gasteiger partial charge in [-0.25, -0.2) is 0 Å². The molecule has 0 radical (unpaired) electrons. The predicted molar refractivity (Wildman–Crippen MR) is 80.0 cm³/mol. The van der Waals surface area contributed by atoms with Crippen LogP contribution in [0.1, 0.15) is 30.7 Å². The largest absolute Gasteiger partial charge is 0.437 e. The molecule has 0 saturated heterocycles. The maximum atomic E-state index is 5.78. The molecule has 0 aliphatic heterocycles. The van der Waals surface area contributed by atoms with Crippen molar-refractivity contribution in [1.82, 2.24) is 15.5 Å². The average molecular weight is 271 g/mol. The molecular formula is C16H21N3O. The van der Waals surface area contributed by atoms with Crippen molar-refractivity contribution in [1.29, 1.82) is 0 Å². The maximum absolute atomic E-state index is 5.78. The van der Waals surface area contributed by atoms with E-state index >= 15 is 0 Å². The average Bonchev–Trinajstić information content (AvgIpc) is 2.42. The van der Waals surface area contributed by atoms with Crippen LogP contribution < -0.4 is 10.1 Å². The van der Waals surface area contributed by atoms with Crippen molar-refractivity contribution in [2.45, 2.75) is 40.3 Å². The molecule has 0 spiro atoms. The van der Waals surface area contributed by atoms with Gasteiger partial charge in [0.2, 0.25) is 5.88 Å². The van der Waals surface area contributed by atoms with Gasteiger partial charge in [0.05, 0.1) is 5.69 Å². The second-order valence-corrected chi connectivity index (χ2v) is 5.27. The third-order valence-electron chi connectivity index (χ3n) is 2.94. The lowest BCUT2D eigenvalue weighted by Gasteiger charge is -2.09. The molecule has 1 N–H and O–H groups in total. The summed E-state index contributed by atoms with van der Waals surface area (Å²) in [5, 5.41) is 11.6. The first-order valence-corrected chi connectivity index (χ1v) is 6.85. The molecule has 0 aliphatic carbocycles. The lowest BCUT2D eigenvalue weighted by molar-refractivity contribution is 0.449.